The molecule has 1 aromatic heterocycles. The summed E-state index contributed by atoms with van der Waals surface area (Å²) in [5, 5.41) is 7.27. The van der Waals surface area contributed by atoms with Crippen molar-refractivity contribution < 1.29 is 0 Å². The van der Waals surface area contributed by atoms with Crippen LogP contribution in [-0.4, -0.2) is 24.5 Å². The van der Waals surface area contributed by atoms with Gasteiger partial charge in [-0.25, -0.2) is 4.98 Å². The summed E-state index contributed by atoms with van der Waals surface area (Å²) in [6.45, 7) is 1.53. The number of aliphatic imine (C=N–C) groups is 1. The number of hydrogen-bond acceptors (Lipinski definition) is 2. The van der Waals surface area contributed by atoms with E-state index in [1.54, 1.807) is 19.3 Å². The molecule has 1 fully saturated rings. The van der Waals surface area contributed by atoms with Crippen molar-refractivity contribution in [2.45, 2.75) is 24.8 Å². The molecule has 0 amide bonds. The minimum atomic E-state index is 0. The molecule has 0 spiro atoms. The molecule has 0 atom stereocenters. The number of nitrogens with zero attached hydrogens (tertiary/aromatic N) is 2. The number of guanidine groups is 1. The SMILES string of the molecule is CN=C(NCc1ccc(Cl)nc1)NCC1(c2ccccc2Br)CC1.I. The first-order valence-electron chi connectivity index (χ1n) is 7.93. The fraction of sp³-hybridized carbons (Fsp3) is 0.333. The minimum absolute atomic E-state index is 0. The zero-order valence-corrected chi connectivity index (χ0v) is 18.6. The molecule has 0 unspecified atom stereocenters. The van der Waals surface area contributed by atoms with Crippen molar-refractivity contribution in [3.05, 3.63) is 63.3 Å². The summed E-state index contributed by atoms with van der Waals surface area (Å²) in [4.78, 5) is 8.39. The summed E-state index contributed by atoms with van der Waals surface area (Å²) in [6, 6.07) is 12.2. The van der Waals surface area contributed by atoms with Crippen LogP contribution in [0.1, 0.15) is 24.0 Å². The highest BCUT2D eigenvalue weighted by Gasteiger charge is 2.45. The van der Waals surface area contributed by atoms with Gasteiger partial charge in [0.05, 0.1) is 0 Å². The molecular formula is C18H21BrClIN4. The Kier molecular flexibility index (Phi) is 7.51. The van der Waals surface area contributed by atoms with Crippen LogP contribution in [0.3, 0.4) is 0 Å². The van der Waals surface area contributed by atoms with E-state index in [0.717, 1.165) is 18.1 Å². The molecule has 4 nitrogen and oxygen atoms in total. The highest BCUT2D eigenvalue weighted by Crippen LogP contribution is 2.49. The van der Waals surface area contributed by atoms with Crippen molar-refractivity contribution in [1.29, 1.82) is 0 Å². The van der Waals surface area contributed by atoms with Crippen LogP contribution < -0.4 is 10.6 Å². The second-order valence-electron chi connectivity index (χ2n) is 6.03. The molecule has 0 radical (unpaired) electrons. The van der Waals surface area contributed by atoms with Crippen LogP contribution in [0.25, 0.3) is 0 Å². The van der Waals surface area contributed by atoms with Crippen LogP contribution in [0.2, 0.25) is 5.15 Å². The normalized spacial score (nSPS) is 15.2. The summed E-state index contributed by atoms with van der Waals surface area (Å²) < 4.78 is 1.18. The Labute approximate surface area is 179 Å². The fourth-order valence-electron chi connectivity index (χ4n) is 2.75. The molecule has 1 aromatic carbocycles. The van der Waals surface area contributed by atoms with Gasteiger partial charge in [-0.3, -0.25) is 4.99 Å². The lowest BCUT2D eigenvalue weighted by molar-refractivity contribution is 0.643. The molecule has 3 rings (SSSR count). The molecule has 1 heterocycles. The predicted octanol–water partition coefficient (Wildman–Crippen LogP) is 4.51. The molecule has 134 valence electrons. The molecule has 0 saturated heterocycles. The maximum Gasteiger partial charge on any atom is 0.191 e. The van der Waals surface area contributed by atoms with Gasteiger partial charge >= 0.3 is 0 Å². The molecule has 7 heteroatoms. The third kappa shape index (κ3) is 5.31. The van der Waals surface area contributed by atoms with Gasteiger partial charge in [-0.15, -0.1) is 24.0 Å². The summed E-state index contributed by atoms with van der Waals surface area (Å²) in [7, 11) is 1.79. The quantitative estimate of drug-likeness (QED) is 0.256. The van der Waals surface area contributed by atoms with E-state index in [4.69, 9.17) is 11.6 Å². The summed E-state index contributed by atoms with van der Waals surface area (Å²) in [6.07, 6.45) is 4.16. The summed E-state index contributed by atoms with van der Waals surface area (Å²) in [5.41, 5.74) is 2.64. The van der Waals surface area contributed by atoms with Gasteiger partial charge in [0.2, 0.25) is 0 Å². The van der Waals surface area contributed by atoms with Crippen LogP contribution in [-0.2, 0) is 12.0 Å². The summed E-state index contributed by atoms with van der Waals surface area (Å²) in [5.74, 6) is 0.795. The lowest BCUT2D eigenvalue weighted by atomic mass is 9.96. The Balaban J connectivity index is 0.00000225. The van der Waals surface area contributed by atoms with Crippen molar-refractivity contribution in [3.8, 4) is 0 Å². The van der Waals surface area contributed by atoms with E-state index in [0.29, 0.717) is 11.7 Å². The first kappa shape index (κ1) is 20.5. The summed E-state index contributed by atoms with van der Waals surface area (Å²) >= 11 is 9.48. The fourth-order valence-corrected chi connectivity index (χ4v) is 3.57. The monoisotopic (exact) mass is 534 g/mol. The van der Waals surface area contributed by atoms with Crippen LogP contribution in [0.15, 0.2) is 52.1 Å². The number of pyridine rings is 1. The van der Waals surface area contributed by atoms with E-state index in [9.17, 15) is 0 Å². The van der Waals surface area contributed by atoms with Crippen LogP contribution in [0.4, 0.5) is 0 Å². The smallest absolute Gasteiger partial charge is 0.191 e. The van der Waals surface area contributed by atoms with E-state index < -0.39 is 0 Å². The van der Waals surface area contributed by atoms with E-state index >= 15 is 0 Å². The molecule has 1 aliphatic carbocycles. The number of rotatable bonds is 5. The Bertz CT molecular complexity index is 732. The van der Waals surface area contributed by atoms with E-state index in [1.165, 1.54) is 22.9 Å². The molecule has 2 N–H and O–H groups in total. The Hall–Kier alpha value is -0.860. The average Bonchev–Trinajstić information content (AvgIpc) is 3.38. The van der Waals surface area contributed by atoms with Crippen LogP contribution >= 0.6 is 51.5 Å². The van der Waals surface area contributed by atoms with Gasteiger partial charge < -0.3 is 10.6 Å². The number of nitrogens with one attached hydrogen (secondary N) is 2. The highest BCUT2D eigenvalue weighted by atomic mass is 127. The second kappa shape index (κ2) is 9.19. The average molecular weight is 536 g/mol. The van der Waals surface area contributed by atoms with Crippen LogP contribution in [0.5, 0.6) is 0 Å². The molecule has 0 aliphatic heterocycles. The first-order chi connectivity index (χ1) is 11.6. The molecule has 1 saturated carbocycles. The van der Waals surface area contributed by atoms with Gasteiger partial charge in [-0.1, -0.05) is 51.8 Å². The molecule has 0 bridgehead atoms. The number of hydrogen-bond donors (Lipinski definition) is 2. The molecule has 1 aliphatic rings. The Morgan fingerprint density at radius 1 is 1.24 bits per heavy atom. The predicted molar refractivity (Wildman–Crippen MR) is 118 cm³/mol. The van der Waals surface area contributed by atoms with E-state index in [-0.39, 0.29) is 29.4 Å². The van der Waals surface area contributed by atoms with Gasteiger partial charge in [-0.05, 0) is 36.1 Å². The second-order valence-corrected chi connectivity index (χ2v) is 7.27. The largest absolute Gasteiger partial charge is 0.356 e. The van der Waals surface area contributed by atoms with Crippen molar-refractivity contribution in [2.75, 3.05) is 13.6 Å². The van der Waals surface area contributed by atoms with Gasteiger partial charge in [-0.2, -0.15) is 0 Å². The maximum atomic E-state index is 5.81. The van der Waals surface area contributed by atoms with Crippen molar-refractivity contribution in [2.24, 2.45) is 4.99 Å². The topological polar surface area (TPSA) is 49.3 Å². The lowest BCUT2D eigenvalue weighted by Crippen LogP contribution is -2.41. The highest BCUT2D eigenvalue weighted by molar-refractivity contribution is 14.0. The van der Waals surface area contributed by atoms with Gasteiger partial charge in [0.25, 0.3) is 0 Å². The standard InChI is InChI=1S/C18H20BrClN4.HI/c1-21-17(23-11-13-6-7-16(20)22-10-13)24-12-18(8-9-18)14-4-2-3-5-15(14)19;/h2-7,10H,8-9,11-12H2,1H3,(H2,21,23,24);1H. The van der Waals surface area contributed by atoms with E-state index in [2.05, 4.69) is 60.8 Å². The van der Waals surface area contributed by atoms with Gasteiger partial charge in [0, 0.05) is 36.2 Å². The number of halogens is 3. The van der Waals surface area contributed by atoms with Crippen LogP contribution in [0, 0.1) is 0 Å². The van der Waals surface area contributed by atoms with E-state index in [1.807, 2.05) is 6.07 Å². The lowest BCUT2D eigenvalue weighted by Gasteiger charge is -2.20. The minimum Gasteiger partial charge on any atom is -0.356 e. The molecular weight excluding hydrogens is 514 g/mol. The maximum absolute atomic E-state index is 5.81. The third-order valence-corrected chi connectivity index (χ3v) is 5.28. The van der Waals surface area contributed by atoms with Crippen molar-refractivity contribution >= 4 is 57.5 Å². The Morgan fingerprint density at radius 2 is 2.00 bits per heavy atom. The first-order valence-corrected chi connectivity index (χ1v) is 9.10. The Morgan fingerprint density at radius 3 is 2.60 bits per heavy atom. The zero-order valence-electron chi connectivity index (χ0n) is 13.9. The van der Waals surface area contributed by atoms with Gasteiger partial charge in [0.15, 0.2) is 5.96 Å². The van der Waals surface area contributed by atoms with Crippen molar-refractivity contribution in [3.63, 3.8) is 0 Å². The molecule has 2 aromatic rings. The third-order valence-electron chi connectivity index (χ3n) is 4.37. The molecule has 25 heavy (non-hydrogen) atoms. The van der Waals surface area contributed by atoms with Crippen molar-refractivity contribution in [1.82, 2.24) is 15.6 Å². The zero-order chi connectivity index (χ0) is 17.0. The number of aromatic nitrogens is 1. The number of benzene rings is 1. The van der Waals surface area contributed by atoms with Gasteiger partial charge in [0.1, 0.15) is 5.15 Å².